The predicted octanol–water partition coefficient (Wildman–Crippen LogP) is 2.77. The highest BCUT2D eigenvalue weighted by atomic mass is 16.6. The molecule has 1 aromatic carbocycles. The first-order valence-corrected chi connectivity index (χ1v) is 7.50. The van der Waals surface area contributed by atoms with E-state index in [9.17, 15) is 9.59 Å². The van der Waals surface area contributed by atoms with Crippen LogP contribution in [0.1, 0.15) is 32.8 Å². The number of fused-ring (bicyclic) bond motifs is 1. The molecule has 6 nitrogen and oxygen atoms in total. The lowest BCUT2D eigenvalue weighted by molar-refractivity contribution is -0.138. The zero-order chi connectivity index (χ0) is 17.2. The van der Waals surface area contributed by atoms with E-state index in [1.54, 1.807) is 6.20 Å². The first-order valence-electron chi connectivity index (χ1n) is 7.50. The Morgan fingerprint density at radius 3 is 2.61 bits per heavy atom. The van der Waals surface area contributed by atoms with Crippen LogP contribution in [0.5, 0.6) is 0 Å². The summed E-state index contributed by atoms with van der Waals surface area (Å²) in [5, 5.41) is 9.77. The summed E-state index contributed by atoms with van der Waals surface area (Å²) < 4.78 is 6.85. The molecule has 0 saturated carbocycles. The van der Waals surface area contributed by atoms with Gasteiger partial charge in [0.2, 0.25) is 0 Å². The number of carbonyl (C=O) groups is 2. The molecule has 2 rings (SSSR count). The molecule has 6 heteroatoms. The van der Waals surface area contributed by atoms with Gasteiger partial charge < -0.3 is 15.6 Å². The van der Waals surface area contributed by atoms with Gasteiger partial charge in [-0.25, -0.2) is 4.79 Å². The Kier molecular flexibility index (Phi) is 4.75. The normalized spacial score (nSPS) is 13.0. The quantitative estimate of drug-likeness (QED) is 0.904. The molecular formula is C17H22N2O4. The molecule has 0 aliphatic rings. The van der Waals surface area contributed by atoms with Gasteiger partial charge >= 0.3 is 12.1 Å². The largest absolute Gasteiger partial charge is 0.480 e. The lowest BCUT2D eigenvalue weighted by Crippen LogP contribution is -2.30. The standard InChI is InChI=1S/C17H22N2O4/c1-17(2,3)23-16(22)19-10-9-12-11(5-4-6-14(12)19)7-8-13(18)15(20)21/h4-6,9-10,13H,7-8,18H2,1-3H3,(H,20,21)/t13-/m0/s1. The van der Waals surface area contributed by atoms with Gasteiger partial charge in [-0.15, -0.1) is 0 Å². The van der Waals surface area contributed by atoms with Crippen molar-refractivity contribution in [1.29, 1.82) is 0 Å². The highest BCUT2D eigenvalue weighted by molar-refractivity contribution is 5.91. The van der Waals surface area contributed by atoms with E-state index in [0.717, 1.165) is 16.5 Å². The second-order valence-corrected chi connectivity index (χ2v) is 6.50. The topological polar surface area (TPSA) is 94.5 Å². The first-order chi connectivity index (χ1) is 10.7. The van der Waals surface area contributed by atoms with Gasteiger partial charge in [-0.05, 0) is 51.3 Å². The molecular weight excluding hydrogens is 296 g/mol. The minimum absolute atomic E-state index is 0.339. The molecule has 0 aliphatic carbocycles. The molecule has 1 aromatic heterocycles. The van der Waals surface area contributed by atoms with Crippen molar-refractivity contribution in [3.05, 3.63) is 36.0 Å². The summed E-state index contributed by atoms with van der Waals surface area (Å²) in [6.07, 6.45) is 2.10. The summed E-state index contributed by atoms with van der Waals surface area (Å²) >= 11 is 0. The number of rotatable bonds is 4. The van der Waals surface area contributed by atoms with Crippen molar-refractivity contribution < 1.29 is 19.4 Å². The summed E-state index contributed by atoms with van der Waals surface area (Å²) in [7, 11) is 0. The highest BCUT2D eigenvalue weighted by Gasteiger charge is 2.19. The monoisotopic (exact) mass is 318 g/mol. The minimum Gasteiger partial charge on any atom is -0.480 e. The third kappa shape index (κ3) is 4.10. The van der Waals surface area contributed by atoms with Gasteiger partial charge in [-0.3, -0.25) is 9.36 Å². The zero-order valence-corrected chi connectivity index (χ0v) is 13.6. The number of carbonyl (C=O) groups excluding carboxylic acids is 1. The third-order valence-corrected chi connectivity index (χ3v) is 3.46. The Morgan fingerprint density at radius 1 is 1.30 bits per heavy atom. The maximum Gasteiger partial charge on any atom is 0.418 e. The maximum absolute atomic E-state index is 12.2. The first kappa shape index (κ1) is 17.0. The summed E-state index contributed by atoms with van der Waals surface area (Å²) in [5.74, 6) is -1.01. The number of aliphatic carboxylic acids is 1. The molecule has 0 bridgehead atoms. The molecule has 0 unspecified atom stereocenters. The molecule has 0 fully saturated rings. The Bertz CT molecular complexity index is 728. The van der Waals surface area contributed by atoms with Crippen molar-refractivity contribution in [3.8, 4) is 0 Å². The van der Waals surface area contributed by atoms with Crippen LogP contribution in [-0.4, -0.2) is 33.4 Å². The molecule has 3 N–H and O–H groups in total. The second kappa shape index (κ2) is 6.42. The second-order valence-electron chi connectivity index (χ2n) is 6.50. The van der Waals surface area contributed by atoms with E-state index in [1.165, 1.54) is 4.57 Å². The van der Waals surface area contributed by atoms with Crippen LogP contribution in [0.2, 0.25) is 0 Å². The summed E-state index contributed by atoms with van der Waals surface area (Å²) in [5.41, 5.74) is 6.68. The van der Waals surface area contributed by atoms with Crippen LogP contribution in [0.3, 0.4) is 0 Å². The molecule has 0 radical (unpaired) electrons. The minimum atomic E-state index is -1.01. The van der Waals surface area contributed by atoms with Crippen LogP contribution < -0.4 is 5.73 Å². The number of aromatic nitrogens is 1. The van der Waals surface area contributed by atoms with Gasteiger partial charge in [-0.2, -0.15) is 0 Å². The average Bonchev–Trinajstić information content (AvgIpc) is 2.87. The predicted molar refractivity (Wildman–Crippen MR) is 87.5 cm³/mol. The molecule has 0 amide bonds. The van der Waals surface area contributed by atoms with Crippen LogP contribution >= 0.6 is 0 Å². The van der Waals surface area contributed by atoms with E-state index in [0.29, 0.717) is 12.8 Å². The molecule has 1 atom stereocenters. The molecule has 0 spiro atoms. The zero-order valence-electron chi connectivity index (χ0n) is 13.6. The number of nitrogens with zero attached hydrogens (tertiary/aromatic N) is 1. The number of aryl methyl sites for hydroxylation is 1. The molecule has 2 aromatic rings. The van der Waals surface area contributed by atoms with E-state index in [1.807, 2.05) is 45.0 Å². The fourth-order valence-corrected chi connectivity index (χ4v) is 2.35. The highest BCUT2D eigenvalue weighted by Crippen LogP contribution is 2.23. The van der Waals surface area contributed by atoms with E-state index in [4.69, 9.17) is 15.6 Å². The van der Waals surface area contributed by atoms with E-state index in [2.05, 4.69) is 0 Å². The van der Waals surface area contributed by atoms with Crippen molar-refractivity contribution in [3.63, 3.8) is 0 Å². The smallest absolute Gasteiger partial charge is 0.418 e. The Balaban J connectivity index is 2.26. The van der Waals surface area contributed by atoms with Crippen molar-refractivity contribution >= 4 is 23.0 Å². The van der Waals surface area contributed by atoms with Gasteiger partial charge in [0.15, 0.2) is 0 Å². The van der Waals surface area contributed by atoms with Gasteiger partial charge in [0.1, 0.15) is 11.6 Å². The van der Waals surface area contributed by atoms with Crippen molar-refractivity contribution in [2.45, 2.75) is 45.3 Å². The van der Waals surface area contributed by atoms with Crippen LogP contribution in [0.4, 0.5) is 4.79 Å². The number of carboxylic acid groups (broad SMARTS) is 1. The molecule has 0 saturated heterocycles. The lowest BCUT2D eigenvalue weighted by Gasteiger charge is -2.19. The summed E-state index contributed by atoms with van der Waals surface area (Å²) in [4.78, 5) is 23.1. The van der Waals surface area contributed by atoms with E-state index < -0.39 is 23.7 Å². The Labute approximate surface area is 134 Å². The molecule has 23 heavy (non-hydrogen) atoms. The molecule has 0 aliphatic heterocycles. The third-order valence-electron chi connectivity index (χ3n) is 3.46. The van der Waals surface area contributed by atoms with Gasteiger partial charge in [-0.1, -0.05) is 12.1 Å². The lowest BCUT2D eigenvalue weighted by atomic mass is 10.0. The van der Waals surface area contributed by atoms with Crippen molar-refractivity contribution in [2.24, 2.45) is 5.73 Å². The summed E-state index contributed by atoms with van der Waals surface area (Å²) in [6.45, 7) is 5.44. The molecule has 1 heterocycles. The van der Waals surface area contributed by atoms with Gasteiger partial charge in [0.25, 0.3) is 0 Å². The number of hydrogen-bond acceptors (Lipinski definition) is 4. The van der Waals surface area contributed by atoms with Crippen LogP contribution in [0.25, 0.3) is 10.9 Å². The Morgan fingerprint density at radius 2 is 2.00 bits per heavy atom. The van der Waals surface area contributed by atoms with Crippen molar-refractivity contribution in [1.82, 2.24) is 4.57 Å². The fourth-order valence-electron chi connectivity index (χ4n) is 2.35. The number of hydrogen-bond donors (Lipinski definition) is 2. The van der Waals surface area contributed by atoms with Crippen LogP contribution in [-0.2, 0) is 16.0 Å². The fraction of sp³-hybridized carbons (Fsp3) is 0.412. The number of nitrogens with two attached hydrogens (primary N) is 1. The maximum atomic E-state index is 12.2. The number of ether oxygens (including phenoxy) is 1. The van der Waals surface area contributed by atoms with E-state index >= 15 is 0 Å². The van der Waals surface area contributed by atoms with Crippen LogP contribution in [0, 0.1) is 0 Å². The average molecular weight is 318 g/mol. The van der Waals surface area contributed by atoms with Crippen molar-refractivity contribution in [2.75, 3.05) is 0 Å². The number of carboxylic acids is 1. The SMILES string of the molecule is CC(C)(C)OC(=O)n1ccc2c(CC[C@H](N)C(=O)O)cccc21. The summed E-state index contributed by atoms with van der Waals surface area (Å²) in [6, 6.07) is 6.53. The molecule has 124 valence electrons. The van der Waals surface area contributed by atoms with Gasteiger partial charge in [0.05, 0.1) is 5.52 Å². The van der Waals surface area contributed by atoms with Crippen LogP contribution in [0.15, 0.2) is 30.5 Å². The Hall–Kier alpha value is -2.34. The number of benzene rings is 1. The van der Waals surface area contributed by atoms with Gasteiger partial charge in [0, 0.05) is 11.6 Å². The van der Waals surface area contributed by atoms with E-state index in [-0.39, 0.29) is 0 Å².